The second kappa shape index (κ2) is 8.68. The first-order valence-corrected chi connectivity index (χ1v) is 8.71. The van der Waals surface area contributed by atoms with Gasteiger partial charge in [0.2, 0.25) is 5.91 Å². The quantitative estimate of drug-likeness (QED) is 0.830. The van der Waals surface area contributed by atoms with E-state index in [2.05, 4.69) is 15.3 Å². The van der Waals surface area contributed by atoms with Gasteiger partial charge >= 0.3 is 0 Å². The Labute approximate surface area is 156 Å². The van der Waals surface area contributed by atoms with Crippen LogP contribution in [-0.2, 0) is 29.1 Å². The Kier molecular flexibility index (Phi) is 6.08. The van der Waals surface area contributed by atoms with E-state index in [1.165, 1.54) is 23.2 Å². The maximum Gasteiger partial charge on any atom is 0.257 e. The Morgan fingerprint density at radius 1 is 1.41 bits per heavy atom. The van der Waals surface area contributed by atoms with Crippen LogP contribution in [0.5, 0.6) is 0 Å². The van der Waals surface area contributed by atoms with Gasteiger partial charge < -0.3 is 15.0 Å². The van der Waals surface area contributed by atoms with Gasteiger partial charge in [0.05, 0.1) is 17.8 Å². The van der Waals surface area contributed by atoms with E-state index in [1.807, 2.05) is 0 Å². The van der Waals surface area contributed by atoms with Crippen molar-refractivity contribution in [3.05, 3.63) is 58.9 Å². The van der Waals surface area contributed by atoms with E-state index in [-0.39, 0.29) is 37.3 Å². The second-order valence-electron chi connectivity index (χ2n) is 6.32. The summed E-state index contributed by atoms with van der Waals surface area (Å²) < 4.78 is 18.2. The summed E-state index contributed by atoms with van der Waals surface area (Å²) in [5.41, 5.74) is 1.77. The Balaban J connectivity index is 1.63. The molecule has 1 aromatic carbocycles. The molecule has 0 bridgehead atoms. The fourth-order valence-corrected chi connectivity index (χ4v) is 2.96. The lowest BCUT2D eigenvalue weighted by atomic mass is 10.1. The fraction of sp³-hybridized carbons (Fsp3) is 0.368. The van der Waals surface area contributed by atoms with Crippen LogP contribution in [0, 0.1) is 5.82 Å². The number of rotatable bonds is 6. The van der Waals surface area contributed by atoms with Crippen LogP contribution in [-0.4, -0.2) is 46.9 Å². The van der Waals surface area contributed by atoms with Crippen molar-refractivity contribution in [2.24, 2.45) is 0 Å². The summed E-state index contributed by atoms with van der Waals surface area (Å²) in [7, 11) is 1.56. The highest BCUT2D eigenvalue weighted by molar-refractivity contribution is 5.97. The van der Waals surface area contributed by atoms with Crippen molar-refractivity contribution in [3.63, 3.8) is 0 Å². The summed E-state index contributed by atoms with van der Waals surface area (Å²) in [6.07, 6.45) is 2.85. The van der Waals surface area contributed by atoms with E-state index in [9.17, 15) is 14.0 Å². The second-order valence-corrected chi connectivity index (χ2v) is 6.32. The van der Waals surface area contributed by atoms with Gasteiger partial charge in [0.1, 0.15) is 12.4 Å². The monoisotopic (exact) mass is 372 g/mol. The first-order valence-electron chi connectivity index (χ1n) is 8.71. The van der Waals surface area contributed by atoms with Crippen molar-refractivity contribution >= 4 is 11.8 Å². The van der Waals surface area contributed by atoms with E-state index in [1.54, 1.807) is 19.2 Å². The molecule has 2 aromatic rings. The molecule has 0 aliphatic carbocycles. The molecule has 8 heteroatoms. The van der Waals surface area contributed by atoms with Crippen LogP contribution in [0.1, 0.15) is 33.9 Å². The highest BCUT2D eigenvalue weighted by Gasteiger charge is 2.25. The molecule has 0 radical (unpaired) electrons. The van der Waals surface area contributed by atoms with Crippen LogP contribution in [0.4, 0.5) is 4.39 Å². The maximum absolute atomic E-state index is 13.2. The molecule has 1 aromatic heterocycles. The van der Waals surface area contributed by atoms with Gasteiger partial charge in [-0.3, -0.25) is 9.59 Å². The molecule has 2 heterocycles. The largest absolute Gasteiger partial charge is 0.377 e. The number of nitrogens with one attached hydrogen (secondary N) is 1. The van der Waals surface area contributed by atoms with Gasteiger partial charge in [-0.15, -0.1) is 0 Å². The molecule has 7 nitrogen and oxygen atoms in total. The third-order valence-electron chi connectivity index (χ3n) is 4.26. The zero-order chi connectivity index (χ0) is 19.2. The van der Waals surface area contributed by atoms with Gasteiger partial charge in [-0.25, -0.2) is 14.4 Å². The van der Waals surface area contributed by atoms with E-state index in [0.29, 0.717) is 42.0 Å². The minimum Gasteiger partial charge on any atom is -0.377 e. The molecule has 0 saturated heterocycles. The number of amides is 2. The predicted octanol–water partition coefficient (Wildman–Crippen LogP) is 1.47. The zero-order valence-corrected chi connectivity index (χ0v) is 15.1. The number of hydrogen-bond donors (Lipinski definition) is 1. The SMILES string of the molecule is COCc1ncc2c(n1)CCCN(CC(=O)NCc1cccc(F)c1)C2=O. The molecule has 0 fully saturated rings. The fourth-order valence-electron chi connectivity index (χ4n) is 2.96. The molecule has 142 valence electrons. The lowest BCUT2D eigenvalue weighted by molar-refractivity contribution is -0.122. The number of benzene rings is 1. The van der Waals surface area contributed by atoms with Crippen molar-refractivity contribution in [1.82, 2.24) is 20.2 Å². The lowest BCUT2D eigenvalue weighted by Crippen LogP contribution is -2.40. The van der Waals surface area contributed by atoms with E-state index in [4.69, 9.17) is 4.74 Å². The van der Waals surface area contributed by atoms with Crippen molar-refractivity contribution in [2.75, 3.05) is 20.2 Å². The maximum atomic E-state index is 13.2. The first kappa shape index (κ1) is 18.9. The lowest BCUT2D eigenvalue weighted by Gasteiger charge is -2.20. The standard InChI is InChI=1S/C19H21FN4O3/c1-27-12-17-21-10-15-16(23-17)6-3-7-24(19(15)26)11-18(25)22-9-13-4-2-5-14(20)8-13/h2,4-5,8,10H,3,6-7,9,11-12H2,1H3,(H,22,25). The minimum atomic E-state index is -0.353. The Morgan fingerprint density at radius 3 is 3.04 bits per heavy atom. The van der Waals surface area contributed by atoms with Crippen molar-refractivity contribution in [1.29, 1.82) is 0 Å². The van der Waals surface area contributed by atoms with Gasteiger partial charge in [-0.2, -0.15) is 0 Å². The average molecular weight is 372 g/mol. The van der Waals surface area contributed by atoms with Crippen LogP contribution in [0.15, 0.2) is 30.5 Å². The van der Waals surface area contributed by atoms with Gasteiger partial charge in [-0.05, 0) is 30.5 Å². The Bertz CT molecular complexity index is 843. The van der Waals surface area contributed by atoms with Gasteiger partial charge in [0, 0.05) is 26.4 Å². The normalized spacial score (nSPS) is 13.9. The zero-order valence-electron chi connectivity index (χ0n) is 15.1. The first-order chi connectivity index (χ1) is 13.1. The number of hydrogen-bond acceptors (Lipinski definition) is 5. The van der Waals surface area contributed by atoms with E-state index in [0.717, 1.165) is 0 Å². The Morgan fingerprint density at radius 2 is 2.26 bits per heavy atom. The third-order valence-corrected chi connectivity index (χ3v) is 4.26. The number of aromatic nitrogens is 2. The van der Waals surface area contributed by atoms with Gasteiger partial charge in [-0.1, -0.05) is 12.1 Å². The number of methoxy groups -OCH3 is 1. The highest BCUT2D eigenvalue weighted by atomic mass is 19.1. The minimum absolute atomic E-state index is 0.0621. The molecule has 27 heavy (non-hydrogen) atoms. The van der Waals surface area contributed by atoms with E-state index >= 15 is 0 Å². The number of carbonyl (C=O) groups is 2. The number of ether oxygens (including phenoxy) is 1. The van der Waals surface area contributed by atoms with Crippen molar-refractivity contribution < 1.29 is 18.7 Å². The third kappa shape index (κ3) is 4.85. The highest BCUT2D eigenvalue weighted by Crippen LogP contribution is 2.16. The number of halogens is 1. The molecular formula is C19H21FN4O3. The van der Waals surface area contributed by atoms with Crippen LogP contribution < -0.4 is 5.32 Å². The molecule has 3 rings (SSSR count). The molecule has 0 atom stereocenters. The summed E-state index contributed by atoms with van der Waals surface area (Å²) in [5.74, 6) is -0.375. The van der Waals surface area contributed by atoms with Crippen molar-refractivity contribution in [2.45, 2.75) is 26.0 Å². The summed E-state index contributed by atoms with van der Waals surface area (Å²) >= 11 is 0. The number of carbonyl (C=O) groups excluding carboxylic acids is 2. The number of fused-ring (bicyclic) bond motifs is 1. The molecule has 0 unspecified atom stereocenters. The number of nitrogens with zero attached hydrogens (tertiary/aromatic N) is 3. The molecule has 1 aliphatic rings. The Hall–Kier alpha value is -2.87. The summed E-state index contributed by atoms with van der Waals surface area (Å²) in [5, 5.41) is 2.72. The predicted molar refractivity (Wildman–Crippen MR) is 95.2 cm³/mol. The van der Waals surface area contributed by atoms with Crippen LogP contribution in [0.3, 0.4) is 0 Å². The van der Waals surface area contributed by atoms with Crippen LogP contribution >= 0.6 is 0 Å². The average Bonchev–Trinajstić information content (AvgIpc) is 2.80. The van der Waals surface area contributed by atoms with Crippen molar-refractivity contribution in [3.8, 4) is 0 Å². The topological polar surface area (TPSA) is 84.4 Å². The molecule has 1 N–H and O–H groups in total. The van der Waals surface area contributed by atoms with E-state index < -0.39 is 0 Å². The van der Waals surface area contributed by atoms with Crippen LogP contribution in [0.2, 0.25) is 0 Å². The molecule has 0 saturated carbocycles. The molecular weight excluding hydrogens is 351 g/mol. The summed E-state index contributed by atoms with van der Waals surface area (Å²) in [6, 6.07) is 6.02. The van der Waals surface area contributed by atoms with Gasteiger partial charge in [0.25, 0.3) is 5.91 Å². The molecule has 2 amide bonds. The molecule has 0 spiro atoms. The molecule has 1 aliphatic heterocycles. The van der Waals surface area contributed by atoms with Gasteiger partial charge in [0.15, 0.2) is 5.82 Å². The van der Waals surface area contributed by atoms with Crippen LogP contribution in [0.25, 0.3) is 0 Å². The summed E-state index contributed by atoms with van der Waals surface area (Å²) in [4.78, 5) is 35.0. The number of aryl methyl sites for hydroxylation is 1. The summed E-state index contributed by atoms with van der Waals surface area (Å²) in [6.45, 7) is 0.891. The smallest absolute Gasteiger partial charge is 0.257 e.